The number of amides is 1. The molecule has 1 unspecified atom stereocenters. The van der Waals surface area contributed by atoms with Gasteiger partial charge in [-0.2, -0.15) is 0 Å². The van der Waals surface area contributed by atoms with Crippen LogP contribution in [0.4, 0.5) is 5.82 Å². The minimum Gasteiger partial charge on any atom is -0.368 e. The maximum absolute atomic E-state index is 11.8. The van der Waals surface area contributed by atoms with E-state index in [-0.39, 0.29) is 11.9 Å². The number of hydrogen-bond acceptors (Lipinski definition) is 5. The van der Waals surface area contributed by atoms with E-state index in [9.17, 15) is 4.79 Å². The molecule has 0 saturated carbocycles. The molecule has 2 aromatic heterocycles. The van der Waals surface area contributed by atoms with Gasteiger partial charge < -0.3 is 10.6 Å². The summed E-state index contributed by atoms with van der Waals surface area (Å²) in [5.74, 6) is 0.482. The fourth-order valence-electron chi connectivity index (χ4n) is 3.24. The van der Waals surface area contributed by atoms with Gasteiger partial charge in [0, 0.05) is 22.5 Å². The number of primary amides is 1. The summed E-state index contributed by atoms with van der Waals surface area (Å²) in [6.07, 6.45) is 3.25. The van der Waals surface area contributed by atoms with Crippen molar-refractivity contribution in [1.82, 2.24) is 9.97 Å². The number of carbonyl (C=O) groups is 1. The monoisotopic (exact) mass is 358 g/mol. The Kier molecular flexibility index (Phi) is 3.86. The molecule has 0 bridgehead atoms. The second kappa shape index (κ2) is 6.03. The third kappa shape index (κ3) is 2.52. The van der Waals surface area contributed by atoms with Crippen LogP contribution < -0.4 is 10.6 Å². The van der Waals surface area contributed by atoms with E-state index in [4.69, 9.17) is 17.3 Å². The van der Waals surface area contributed by atoms with Gasteiger partial charge in [0.1, 0.15) is 23.0 Å². The van der Waals surface area contributed by atoms with Crippen LogP contribution in [0.15, 0.2) is 36.0 Å². The van der Waals surface area contributed by atoms with Gasteiger partial charge in [-0.05, 0) is 30.5 Å². The van der Waals surface area contributed by atoms with Gasteiger partial charge >= 0.3 is 0 Å². The van der Waals surface area contributed by atoms with Gasteiger partial charge in [0.2, 0.25) is 5.91 Å². The van der Waals surface area contributed by atoms with Gasteiger partial charge in [-0.3, -0.25) is 4.79 Å². The molecule has 2 N–H and O–H groups in total. The summed E-state index contributed by atoms with van der Waals surface area (Å²) in [7, 11) is 0. The van der Waals surface area contributed by atoms with Crippen molar-refractivity contribution in [3.05, 3.63) is 41.0 Å². The lowest BCUT2D eigenvalue weighted by atomic mass is 10.1. The highest BCUT2D eigenvalue weighted by Crippen LogP contribution is 2.39. The summed E-state index contributed by atoms with van der Waals surface area (Å²) in [4.78, 5) is 23.6. The quantitative estimate of drug-likeness (QED) is 0.778. The molecule has 1 aliphatic rings. The number of thiophene rings is 1. The molecule has 1 atom stereocenters. The Balaban J connectivity index is 1.89. The summed E-state index contributed by atoms with van der Waals surface area (Å²) in [6, 6.07) is 7.39. The Labute approximate surface area is 148 Å². The molecule has 1 amide bonds. The molecule has 3 aromatic rings. The van der Waals surface area contributed by atoms with Crippen LogP contribution >= 0.6 is 22.9 Å². The van der Waals surface area contributed by atoms with E-state index in [1.807, 2.05) is 29.2 Å². The molecular weight excluding hydrogens is 344 g/mol. The SMILES string of the molecule is NC(=O)C1CCCN1c1ncnc2scc(-c3ccc(Cl)cc3)c12. The highest BCUT2D eigenvalue weighted by atomic mass is 35.5. The number of nitrogens with two attached hydrogens (primary N) is 1. The summed E-state index contributed by atoms with van der Waals surface area (Å²) in [5, 5.41) is 3.74. The van der Waals surface area contributed by atoms with Crippen LogP contribution in [-0.4, -0.2) is 28.5 Å². The summed E-state index contributed by atoms with van der Waals surface area (Å²) in [6.45, 7) is 0.773. The zero-order valence-corrected chi connectivity index (χ0v) is 14.3. The van der Waals surface area contributed by atoms with Crippen molar-refractivity contribution in [2.24, 2.45) is 5.73 Å². The van der Waals surface area contributed by atoms with Gasteiger partial charge in [0.25, 0.3) is 0 Å². The number of aromatic nitrogens is 2. The molecule has 0 spiro atoms. The number of fused-ring (bicyclic) bond motifs is 1. The van der Waals surface area contributed by atoms with E-state index < -0.39 is 0 Å². The molecule has 24 heavy (non-hydrogen) atoms. The first-order valence-electron chi connectivity index (χ1n) is 7.69. The van der Waals surface area contributed by atoms with Crippen molar-refractivity contribution in [1.29, 1.82) is 0 Å². The Hall–Kier alpha value is -2.18. The molecule has 0 aliphatic carbocycles. The lowest BCUT2D eigenvalue weighted by Crippen LogP contribution is -2.40. The van der Waals surface area contributed by atoms with Crippen LogP contribution in [0.25, 0.3) is 21.3 Å². The first kappa shape index (κ1) is 15.4. The van der Waals surface area contributed by atoms with Gasteiger partial charge in [-0.15, -0.1) is 11.3 Å². The molecule has 3 heterocycles. The van der Waals surface area contributed by atoms with Crippen LogP contribution in [-0.2, 0) is 4.79 Å². The molecule has 4 rings (SSSR count). The standard InChI is InChI=1S/C17H15ClN4OS/c18-11-5-3-10(4-6-11)12-8-24-17-14(12)16(20-9-21-17)22-7-1-2-13(22)15(19)23/h3-6,8-9,13H,1-2,7H2,(H2,19,23). The van der Waals surface area contributed by atoms with Crippen molar-refractivity contribution in [3.8, 4) is 11.1 Å². The maximum atomic E-state index is 11.8. The zero-order chi connectivity index (χ0) is 16.7. The largest absolute Gasteiger partial charge is 0.368 e. The molecule has 5 nitrogen and oxygen atoms in total. The average molecular weight is 359 g/mol. The number of benzene rings is 1. The maximum Gasteiger partial charge on any atom is 0.240 e. The second-order valence-corrected chi connectivity index (χ2v) is 7.08. The van der Waals surface area contributed by atoms with Crippen LogP contribution in [0.5, 0.6) is 0 Å². The summed E-state index contributed by atoms with van der Waals surface area (Å²) < 4.78 is 0. The smallest absolute Gasteiger partial charge is 0.240 e. The third-order valence-corrected chi connectivity index (χ3v) is 5.50. The molecule has 1 fully saturated rings. The molecule has 1 saturated heterocycles. The molecular formula is C17H15ClN4OS. The van der Waals surface area contributed by atoms with Crippen molar-refractivity contribution >= 4 is 44.9 Å². The van der Waals surface area contributed by atoms with Crippen LogP contribution in [0.3, 0.4) is 0 Å². The lowest BCUT2D eigenvalue weighted by molar-refractivity contribution is -0.119. The molecule has 7 heteroatoms. The summed E-state index contributed by atoms with van der Waals surface area (Å²) in [5.41, 5.74) is 7.68. The average Bonchev–Trinajstić information content (AvgIpc) is 3.22. The van der Waals surface area contributed by atoms with E-state index in [1.165, 1.54) is 0 Å². The number of anilines is 1. The van der Waals surface area contributed by atoms with Crippen LogP contribution in [0.2, 0.25) is 5.02 Å². The lowest BCUT2D eigenvalue weighted by Gasteiger charge is -2.24. The van der Waals surface area contributed by atoms with Crippen LogP contribution in [0.1, 0.15) is 12.8 Å². The normalized spacial score (nSPS) is 17.5. The van der Waals surface area contributed by atoms with Gasteiger partial charge in [-0.1, -0.05) is 23.7 Å². The van der Waals surface area contributed by atoms with E-state index in [1.54, 1.807) is 17.7 Å². The van der Waals surface area contributed by atoms with Crippen molar-refractivity contribution in [2.75, 3.05) is 11.4 Å². The Bertz CT molecular complexity index is 909. The predicted octanol–water partition coefficient (Wildman–Crippen LogP) is 3.47. The number of hydrogen-bond donors (Lipinski definition) is 1. The van der Waals surface area contributed by atoms with E-state index in [2.05, 4.69) is 15.3 Å². The number of nitrogens with zero attached hydrogens (tertiary/aromatic N) is 3. The van der Waals surface area contributed by atoms with E-state index in [0.717, 1.165) is 46.5 Å². The molecule has 1 aromatic carbocycles. The minimum absolute atomic E-state index is 0.303. The fourth-order valence-corrected chi connectivity index (χ4v) is 4.27. The second-order valence-electron chi connectivity index (χ2n) is 5.79. The number of halogens is 1. The van der Waals surface area contributed by atoms with Crippen molar-refractivity contribution in [3.63, 3.8) is 0 Å². The summed E-state index contributed by atoms with van der Waals surface area (Å²) >= 11 is 7.57. The van der Waals surface area contributed by atoms with E-state index in [0.29, 0.717) is 5.02 Å². The van der Waals surface area contributed by atoms with Crippen molar-refractivity contribution in [2.45, 2.75) is 18.9 Å². The molecule has 122 valence electrons. The van der Waals surface area contributed by atoms with Gasteiger partial charge in [0.15, 0.2) is 0 Å². The molecule has 0 radical (unpaired) electrons. The third-order valence-electron chi connectivity index (χ3n) is 4.36. The first-order chi connectivity index (χ1) is 11.6. The minimum atomic E-state index is -0.305. The Morgan fingerprint density at radius 1 is 1.29 bits per heavy atom. The number of rotatable bonds is 3. The highest BCUT2D eigenvalue weighted by molar-refractivity contribution is 7.17. The highest BCUT2D eigenvalue weighted by Gasteiger charge is 2.32. The topological polar surface area (TPSA) is 72.1 Å². The number of carbonyl (C=O) groups excluding carboxylic acids is 1. The van der Waals surface area contributed by atoms with E-state index >= 15 is 0 Å². The zero-order valence-electron chi connectivity index (χ0n) is 12.8. The molecule has 1 aliphatic heterocycles. The fraction of sp³-hybridized carbons (Fsp3) is 0.235. The Morgan fingerprint density at radius 3 is 2.83 bits per heavy atom. The van der Waals surface area contributed by atoms with Gasteiger partial charge in [-0.25, -0.2) is 9.97 Å². The van der Waals surface area contributed by atoms with Crippen LogP contribution in [0, 0.1) is 0 Å². The Morgan fingerprint density at radius 2 is 2.08 bits per heavy atom. The van der Waals surface area contributed by atoms with Gasteiger partial charge in [0.05, 0.1) is 5.39 Å². The first-order valence-corrected chi connectivity index (χ1v) is 8.95. The van der Waals surface area contributed by atoms with Crippen molar-refractivity contribution < 1.29 is 4.79 Å². The predicted molar refractivity (Wildman–Crippen MR) is 97.4 cm³/mol.